The molecule has 0 bridgehead atoms. The van der Waals surface area contributed by atoms with E-state index in [0.717, 1.165) is 0 Å². The number of ether oxygens (including phenoxy) is 1. The standard InChI is InChI=1S/C14H19NO3/c1-10(2)15(4)14(17)9-18-13-7-5-12(6-8-13)11(3)16/h5-8,10H,9H2,1-4H3. The van der Waals surface area contributed by atoms with Gasteiger partial charge >= 0.3 is 0 Å². The van der Waals surface area contributed by atoms with Gasteiger partial charge in [0, 0.05) is 18.7 Å². The Hall–Kier alpha value is -1.84. The SMILES string of the molecule is CC(=O)c1ccc(OCC(=O)N(C)C(C)C)cc1. The molecule has 0 fully saturated rings. The van der Waals surface area contributed by atoms with Crippen molar-refractivity contribution in [2.75, 3.05) is 13.7 Å². The molecule has 0 atom stereocenters. The van der Waals surface area contributed by atoms with Gasteiger partial charge in [0.25, 0.3) is 5.91 Å². The van der Waals surface area contributed by atoms with Crippen molar-refractivity contribution < 1.29 is 14.3 Å². The Kier molecular flexibility index (Phi) is 4.89. The molecule has 0 saturated heterocycles. The smallest absolute Gasteiger partial charge is 0.260 e. The van der Waals surface area contributed by atoms with E-state index >= 15 is 0 Å². The predicted octanol–water partition coefficient (Wildman–Crippen LogP) is 2.13. The molecule has 0 aromatic heterocycles. The maximum Gasteiger partial charge on any atom is 0.260 e. The summed E-state index contributed by atoms with van der Waals surface area (Å²) in [7, 11) is 1.75. The average Bonchev–Trinajstić information content (AvgIpc) is 2.35. The third kappa shape index (κ3) is 3.87. The van der Waals surface area contributed by atoms with Crippen molar-refractivity contribution in [1.82, 2.24) is 4.90 Å². The molecule has 18 heavy (non-hydrogen) atoms. The molecule has 1 aromatic rings. The van der Waals surface area contributed by atoms with Gasteiger partial charge in [-0.3, -0.25) is 9.59 Å². The van der Waals surface area contributed by atoms with Gasteiger partial charge in [-0.2, -0.15) is 0 Å². The molecule has 1 amide bonds. The Labute approximate surface area is 108 Å². The molecule has 0 unspecified atom stereocenters. The summed E-state index contributed by atoms with van der Waals surface area (Å²) in [6, 6.07) is 6.92. The topological polar surface area (TPSA) is 46.6 Å². The van der Waals surface area contributed by atoms with E-state index in [0.29, 0.717) is 11.3 Å². The minimum atomic E-state index is -0.0688. The Bertz CT molecular complexity index is 423. The molecule has 1 rings (SSSR count). The number of benzene rings is 1. The van der Waals surface area contributed by atoms with Gasteiger partial charge in [-0.1, -0.05) is 0 Å². The highest BCUT2D eigenvalue weighted by Crippen LogP contribution is 2.12. The number of hydrogen-bond acceptors (Lipinski definition) is 3. The zero-order chi connectivity index (χ0) is 13.7. The molecule has 1 aromatic carbocycles. The number of Topliss-reactive ketones (excluding diaryl/α,β-unsaturated/α-hetero) is 1. The largest absolute Gasteiger partial charge is 0.484 e. The lowest BCUT2D eigenvalue weighted by molar-refractivity contribution is -0.133. The van der Waals surface area contributed by atoms with Gasteiger partial charge in [-0.05, 0) is 45.0 Å². The fourth-order valence-electron chi connectivity index (χ4n) is 1.32. The van der Waals surface area contributed by atoms with E-state index in [1.165, 1.54) is 6.92 Å². The van der Waals surface area contributed by atoms with Crippen LogP contribution in [0.2, 0.25) is 0 Å². The maximum atomic E-state index is 11.7. The summed E-state index contributed by atoms with van der Waals surface area (Å²) in [5, 5.41) is 0. The molecule has 0 radical (unpaired) electrons. The van der Waals surface area contributed by atoms with Crippen LogP contribution >= 0.6 is 0 Å². The van der Waals surface area contributed by atoms with Gasteiger partial charge in [0.1, 0.15) is 5.75 Å². The van der Waals surface area contributed by atoms with Crippen LogP contribution < -0.4 is 4.74 Å². The minimum Gasteiger partial charge on any atom is -0.484 e. The zero-order valence-electron chi connectivity index (χ0n) is 11.3. The lowest BCUT2D eigenvalue weighted by Crippen LogP contribution is -2.36. The highest BCUT2D eigenvalue weighted by molar-refractivity contribution is 5.94. The number of rotatable bonds is 5. The summed E-state index contributed by atoms with van der Waals surface area (Å²) in [5.74, 6) is 0.531. The normalized spacial score (nSPS) is 10.3. The molecular weight excluding hydrogens is 230 g/mol. The Balaban J connectivity index is 2.54. The summed E-state index contributed by atoms with van der Waals surface area (Å²) < 4.78 is 5.37. The van der Waals surface area contributed by atoms with Crippen LogP contribution in [0.3, 0.4) is 0 Å². The van der Waals surface area contributed by atoms with E-state index in [1.54, 1.807) is 36.2 Å². The lowest BCUT2D eigenvalue weighted by Gasteiger charge is -2.21. The van der Waals surface area contributed by atoms with Crippen LogP contribution in [-0.2, 0) is 4.79 Å². The zero-order valence-corrected chi connectivity index (χ0v) is 11.3. The van der Waals surface area contributed by atoms with E-state index < -0.39 is 0 Å². The van der Waals surface area contributed by atoms with Gasteiger partial charge < -0.3 is 9.64 Å². The number of amides is 1. The van der Waals surface area contributed by atoms with Crippen LogP contribution in [0.15, 0.2) is 24.3 Å². The van der Waals surface area contributed by atoms with Crippen molar-refractivity contribution in [2.24, 2.45) is 0 Å². The van der Waals surface area contributed by atoms with E-state index in [1.807, 2.05) is 13.8 Å². The second kappa shape index (κ2) is 6.19. The van der Waals surface area contributed by atoms with Crippen LogP contribution in [0.4, 0.5) is 0 Å². The number of carbonyl (C=O) groups is 2. The molecular formula is C14H19NO3. The molecule has 0 aliphatic carbocycles. The molecule has 98 valence electrons. The van der Waals surface area contributed by atoms with Crippen LogP contribution in [0.5, 0.6) is 5.75 Å². The van der Waals surface area contributed by atoms with Crippen molar-refractivity contribution >= 4 is 11.7 Å². The predicted molar refractivity (Wildman–Crippen MR) is 69.8 cm³/mol. The first-order valence-electron chi connectivity index (χ1n) is 5.91. The average molecular weight is 249 g/mol. The van der Waals surface area contributed by atoms with Crippen molar-refractivity contribution in [2.45, 2.75) is 26.8 Å². The Morgan fingerprint density at radius 1 is 1.22 bits per heavy atom. The number of ketones is 1. The molecule has 0 saturated carbocycles. The first kappa shape index (κ1) is 14.2. The van der Waals surface area contributed by atoms with E-state index in [9.17, 15) is 9.59 Å². The second-order valence-electron chi connectivity index (χ2n) is 4.47. The second-order valence-corrected chi connectivity index (χ2v) is 4.47. The van der Waals surface area contributed by atoms with Crippen LogP contribution in [0, 0.1) is 0 Å². The van der Waals surface area contributed by atoms with Crippen LogP contribution in [0.1, 0.15) is 31.1 Å². The number of hydrogen-bond donors (Lipinski definition) is 0. The van der Waals surface area contributed by atoms with Gasteiger partial charge in [-0.25, -0.2) is 0 Å². The molecule has 0 aliphatic heterocycles. The van der Waals surface area contributed by atoms with Crippen molar-refractivity contribution in [3.05, 3.63) is 29.8 Å². The van der Waals surface area contributed by atoms with E-state index in [4.69, 9.17) is 4.74 Å². The first-order valence-corrected chi connectivity index (χ1v) is 5.91. The Morgan fingerprint density at radius 2 is 1.78 bits per heavy atom. The Morgan fingerprint density at radius 3 is 2.22 bits per heavy atom. The number of likely N-dealkylation sites (N-methyl/N-ethyl adjacent to an activating group) is 1. The van der Waals surface area contributed by atoms with Gasteiger partial charge in [0.05, 0.1) is 0 Å². The van der Waals surface area contributed by atoms with E-state index in [2.05, 4.69) is 0 Å². The third-order valence-corrected chi connectivity index (χ3v) is 2.79. The summed E-state index contributed by atoms with van der Waals surface area (Å²) in [6.07, 6.45) is 0. The molecule has 0 aliphatic rings. The summed E-state index contributed by atoms with van der Waals surface area (Å²) in [5.41, 5.74) is 0.632. The van der Waals surface area contributed by atoms with Crippen LogP contribution in [-0.4, -0.2) is 36.3 Å². The summed E-state index contributed by atoms with van der Waals surface area (Å²) in [6.45, 7) is 5.41. The summed E-state index contributed by atoms with van der Waals surface area (Å²) >= 11 is 0. The molecule has 0 spiro atoms. The first-order chi connectivity index (χ1) is 8.41. The fourth-order valence-corrected chi connectivity index (χ4v) is 1.32. The van der Waals surface area contributed by atoms with Gasteiger partial charge in [0.2, 0.25) is 0 Å². The molecule has 0 heterocycles. The molecule has 0 N–H and O–H groups in total. The number of nitrogens with zero attached hydrogens (tertiary/aromatic N) is 1. The quantitative estimate of drug-likeness (QED) is 0.751. The summed E-state index contributed by atoms with van der Waals surface area (Å²) in [4.78, 5) is 24.4. The monoisotopic (exact) mass is 249 g/mol. The van der Waals surface area contributed by atoms with E-state index in [-0.39, 0.29) is 24.3 Å². The van der Waals surface area contributed by atoms with Crippen molar-refractivity contribution in [1.29, 1.82) is 0 Å². The fraction of sp³-hybridized carbons (Fsp3) is 0.429. The van der Waals surface area contributed by atoms with Crippen molar-refractivity contribution in [3.8, 4) is 5.75 Å². The molecule has 4 nitrogen and oxygen atoms in total. The van der Waals surface area contributed by atoms with Gasteiger partial charge in [-0.15, -0.1) is 0 Å². The minimum absolute atomic E-state index is 0.00803. The van der Waals surface area contributed by atoms with Crippen LogP contribution in [0.25, 0.3) is 0 Å². The van der Waals surface area contributed by atoms with Crippen molar-refractivity contribution in [3.63, 3.8) is 0 Å². The highest BCUT2D eigenvalue weighted by Gasteiger charge is 2.12. The third-order valence-electron chi connectivity index (χ3n) is 2.79. The maximum absolute atomic E-state index is 11.7. The highest BCUT2D eigenvalue weighted by atomic mass is 16.5. The lowest BCUT2D eigenvalue weighted by atomic mass is 10.1. The number of carbonyl (C=O) groups excluding carboxylic acids is 2. The molecule has 4 heteroatoms. The van der Waals surface area contributed by atoms with Gasteiger partial charge in [0.15, 0.2) is 12.4 Å².